The number of hydrogen-bond donors (Lipinski definition) is 3. The van der Waals surface area contributed by atoms with Crippen molar-refractivity contribution in [1.29, 1.82) is 5.26 Å². The van der Waals surface area contributed by atoms with E-state index in [9.17, 15) is 15.0 Å². The van der Waals surface area contributed by atoms with Crippen LogP contribution in [0.1, 0.15) is 40.7 Å². The van der Waals surface area contributed by atoms with E-state index in [1.54, 1.807) is 12.1 Å². The van der Waals surface area contributed by atoms with Gasteiger partial charge in [-0.3, -0.25) is 0 Å². The molecule has 1 fully saturated rings. The number of carboxylic acid groups (broad SMARTS) is 1. The molecule has 0 bridgehead atoms. The van der Waals surface area contributed by atoms with Gasteiger partial charge in [-0.05, 0) is 74.2 Å². The molecule has 152 valence electrons. The number of anilines is 1. The quantitative estimate of drug-likeness (QED) is 0.463. The summed E-state index contributed by atoms with van der Waals surface area (Å²) < 4.78 is 0. The van der Waals surface area contributed by atoms with Gasteiger partial charge in [-0.15, -0.1) is 0 Å². The smallest absolute Gasteiger partial charge is 0.545 e. The molecule has 2 aromatic carbocycles. The summed E-state index contributed by atoms with van der Waals surface area (Å²) in [6.45, 7) is 2.19. The van der Waals surface area contributed by atoms with Crippen molar-refractivity contribution < 1.29 is 44.6 Å². The maximum atomic E-state index is 11.3. The molecule has 0 spiro atoms. The van der Waals surface area contributed by atoms with E-state index in [0.29, 0.717) is 24.9 Å². The van der Waals surface area contributed by atoms with Gasteiger partial charge < -0.3 is 25.6 Å². The van der Waals surface area contributed by atoms with E-state index in [2.05, 4.69) is 16.7 Å². The van der Waals surface area contributed by atoms with Crippen molar-refractivity contribution in [2.75, 3.05) is 25.0 Å². The SMILES string of the molecule is N#Cc1ccc(CCC(CNc2ccc(C(=O)[O-])cc2)C2(O)CCNCC2)cc1.[Na+]. The van der Waals surface area contributed by atoms with E-state index < -0.39 is 11.6 Å². The summed E-state index contributed by atoms with van der Waals surface area (Å²) in [4.78, 5) is 10.9. The summed E-state index contributed by atoms with van der Waals surface area (Å²) in [6.07, 6.45) is 3.04. The Morgan fingerprint density at radius 2 is 1.80 bits per heavy atom. The number of carbonyl (C=O) groups excluding carboxylic acids is 1. The Labute approximate surface area is 199 Å². The number of nitrogens with one attached hydrogen (secondary N) is 2. The van der Waals surface area contributed by atoms with E-state index in [-0.39, 0.29) is 41.0 Å². The molecule has 1 aliphatic heterocycles. The van der Waals surface area contributed by atoms with Crippen molar-refractivity contribution >= 4 is 11.7 Å². The van der Waals surface area contributed by atoms with E-state index in [4.69, 9.17) is 5.26 Å². The second-order valence-electron chi connectivity index (χ2n) is 7.64. The fourth-order valence-electron chi connectivity index (χ4n) is 3.88. The Kier molecular flexibility index (Phi) is 9.35. The van der Waals surface area contributed by atoms with Gasteiger partial charge in [0.25, 0.3) is 0 Å². The van der Waals surface area contributed by atoms with Crippen LogP contribution in [0, 0.1) is 17.2 Å². The fourth-order valence-corrected chi connectivity index (χ4v) is 3.88. The molecule has 1 saturated heterocycles. The summed E-state index contributed by atoms with van der Waals surface area (Å²) in [5.41, 5.74) is 2.00. The van der Waals surface area contributed by atoms with Gasteiger partial charge in [-0.2, -0.15) is 5.26 Å². The summed E-state index contributed by atoms with van der Waals surface area (Å²) in [5, 5.41) is 37.8. The predicted octanol–water partition coefficient (Wildman–Crippen LogP) is -1.30. The van der Waals surface area contributed by atoms with Crippen LogP contribution in [0.4, 0.5) is 5.69 Å². The Morgan fingerprint density at radius 3 is 2.37 bits per heavy atom. The van der Waals surface area contributed by atoms with Crippen molar-refractivity contribution in [1.82, 2.24) is 5.32 Å². The van der Waals surface area contributed by atoms with Crippen LogP contribution in [0.5, 0.6) is 0 Å². The molecular weight excluding hydrogens is 389 g/mol. The monoisotopic (exact) mass is 415 g/mol. The fraction of sp³-hybridized carbons (Fsp3) is 0.391. The third-order valence-electron chi connectivity index (χ3n) is 5.77. The molecule has 0 aromatic heterocycles. The molecule has 1 unspecified atom stereocenters. The molecule has 3 N–H and O–H groups in total. The van der Waals surface area contributed by atoms with Crippen LogP contribution in [-0.4, -0.2) is 36.3 Å². The Balaban J connectivity index is 0.00000320. The molecule has 0 saturated carbocycles. The van der Waals surface area contributed by atoms with Gasteiger partial charge in [-0.25, -0.2) is 0 Å². The van der Waals surface area contributed by atoms with Crippen molar-refractivity contribution in [3.05, 3.63) is 65.2 Å². The topological polar surface area (TPSA) is 108 Å². The third kappa shape index (κ3) is 6.56. The van der Waals surface area contributed by atoms with Crippen molar-refractivity contribution in [3.63, 3.8) is 0 Å². The van der Waals surface area contributed by atoms with E-state index >= 15 is 0 Å². The molecule has 3 rings (SSSR count). The van der Waals surface area contributed by atoms with Crippen LogP contribution in [0.3, 0.4) is 0 Å². The first-order valence-electron chi connectivity index (χ1n) is 9.97. The molecular formula is C23H26N3NaO3. The van der Waals surface area contributed by atoms with E-state index in [0.717, 1.165) is 37.2 Å². The number of nitriles is 1. The van der Waals surface area contributed by atoms with Crippen LogP contribution in [0.15, 0.2) is 48.5 Å². The first-order valence-corrected chi connectivity index (χ1v) is 9.97. The zero-order valence-corrected chi connectivity index (χ0v) is 19.4. The molecule has 7 heteroatoms. The zero-order valence-electron chi connectivity index (χ0n) is 17.4. The number of carboxylic acids is 1. The number of hydrogen-bond acceptors (Lipinski definition) is 6. The minimum absolute atomic E-state index is 0. The minimum Gasteiger partial charge on any atom is -0.545 e. The molecule has 2 aromatic rings. The van der Waals surface area contributed by atoms with Gasteiger partial charge in [0.15, 0.2) is 0 Å². The number of aryl methyl sites for hydroxylation is 1. The Bertz CT molecular complexity index is 857. The van der Waals surface area contributed by atoms with Gasteiger partial charge in [0.05, 0.1) is 23.2 Å². The number of aliphatic hydroxyl groups is 1. The molecule has 0 amide bonds. The standard InChI is InChI=1S/C23H27N3O3.Na/c24-15-18-3-1-17(2-4-18)5-8-20(23(29)11-13-25-14-12-23)16-26-21-9-6-19(7-10-21)22(27)28;/h1-4,6-7,9-10,20,25-26,29H,5,8,11-14,16H2,(H,27,28);/q;+1/p-1. The van der Waals surface area contributed by atoms with Crippen LogP contribution in [0.2, 0.25) is 0 Å². The largest absolute Gasteiger partial charge is 1.00 e. The average Bonchev–Trinajstić information content (AvgIpc) is 2.74. The van der Waals surface area contributed by atoms with Crippen molar-refractivity contribution in [2.45, 2.75) is 31.3 Å². The number of carbonyl (C=O) groups is 1. The summed E-state index contributed by atoms with van der Waals surface area (Å²) in [7, 11) is 0. The van der Waals surface area contributed by atoms with Crippen LogP contribution < -0.4 is 45.3 Å². The first-order chi connectivity index (χ1) is 14.0. The maximum Gasteiger partial charge on any atom is 1.00 e. The zero-order chi connectivity index (χ0) is 20.7. The number of nitrogens with zero attached hydrogens (tertiary/aromatic N) is 1. The molecule has 1 aliphatic rings. The summed E-state index contributed by atoms with van der Waals surface area (Å²) >= 11 is 0. The van der Waals surface area contributed by atoms with Crippen LogP contribution in [0.25, 0.3) is 0 Å². The van der Waals surface area contributed by atoms with Crippen LogP contribution >= 0.6 is 0 Å². The van der Waals surface area contributed by atoms with Crippen molar-refractivity contribution in [3.8, 4) is 6.07 Å². The molecule has 0 aliphatic carbocycles. The molecule has 6 nitrogen and oxygen atoms in total. The number of benzene rings is 2. The minimum atomic E-state index is -1.19. The first kappa shape index (κ1) is 24.4. The van der Waals surface area contributed by atoms with Gasteiger partial charge in [0.2, 0.25) is 0 Å². The normalized spacial score (nSPS) is 16.0. The Morgan fingerprint density at radius 1 is 1.17 bits per heavy atom. The van der Waals surface area contributed by atoms with Gasteiger partial charge in [0, 0.05) is 18.2 Å². The number of aromatic carboxylic acids is 1. The number of rotatable bonds is 8. The van der Waals surface area contributed by atoms with E-state index in [1.165, 1.54) is 12.1 Å². The van der Waals surface area contributed by atoms with E-state index in [1.807, 2.05) is 24.3 Å². The Hall–Kier alpha value is -1.88. The second-order valence-corrected chi connectivity index (χ2v) is 7.64. The predicted molar refractivity (Wildman–Crippen MR) is 109 cm³/mol. The maximum absolute atomic E-state index is 11.3. The molecule has 1 heterocycles. The molecule has 1 atom stereocenters. The average molecular weight is 415 g/mol. The molecule has 0 radical (unpaired) electrons. The van der Waals surface area contributed by atoms with Gasteiger partial charge in [0.1, 0.15) is 0 Å². The van der Waals surface area contributed by atoms with Gasteiger partial charge >= 0.3 is 29.6 Å². The second kappa shape index (κ2) is 11.5. The summed E-state index contributed by atoms with van der Waals surface area (Å²) in [6, 6.07) is 16.2. The third-order valence-corrected chi connectivity index (χ3v) is 5.77. The number of piperidine rings is 1. The molecule has 30 heavy (non-hydrogen) atoms. The van der Waals surface area contributed by atoms with Crippen LogP contribution in [-0.2, 0) is 6.42 Å². The van der Waals surface area contributed by atoms with Gasteiger partial charge in [-0.1, -0.05) is 24.3 Å². The van der Waals surface area contributed by atoms with Crippen molar-refractivity contribution in [2.24, 2.45) is 5.92 Å². The summed E-state index contributed by atoms with van der Waals surface area (Å²) in [5.74, 6) is -1.15.